The van der Waals surface area contributed by atoms with Gasteiger partial charge < -0.3 is 20.6 Å². The van der Waals surface area contributed by atoms with E-state index >= 15 is 0 Å². The maximum absolute atomic E-state index is 14.9. The average Bonchev–Trinajstić information content (AvgIpc) is 2.77. The topological polar surface area (TPSA) is 121 Å². The van der Waals surface area contributed by atoms with Crippen LogP contribution in [0.1, 0.15) is 15.9 Å². The first-order valence-electron chi connectivity index (χ1n) is 8.91. The normalized spacial score (nSPS) is 10.8. The Hall–Kier alpha value is -2.91. The molecule has 0 saturated heterocycles. The number of amides is 2. The van der Waals surface area contributed by atoms with E-state index in [0.717, 1.165) is 18.3 Å². The number of anilines is 2. The zero-order valence-electron chi connectivity index (χ0n) is 16.5. The highest BCUT2D eigenvalue weighted by molar-refractivity contribution is 14.1. The first-order valence-corrected chi connectivity index (χ1v) is 9.99. The van der Waals surface area contributed by atoms with Crippen LogP contribution >= 0.6 is 22.6 Å². The van der Waals surface area contributed by atoms with E-state index in [1.54, 1.807) is 0 Å². The summed E-state index contributed by atoms with van der Waals surface area (Å²) in [4.78, 5) is 33.0. The minimum absolute atomic E-state index is 0.204. The quantitative estimate of drug-likeness (QED) is 0.152. The summed E-state index contributed by atoms with van der Waals surface area (Å²) < 4.78 is 44.3. The summed E-state index contributed by atoms with van der Waals surface area (Å²) in [6.45, 7) is -1.13. The second-order valence-electron chi connectivity index (χ2n) is 5.95. The molecule has 0 heterocycles. The van der Waals surface area contributed by atoms with Gasteiger partial charge in [0.05, 0.1) is 36.4 Å². The van der Waals surface area contributed by atoms with E-state index in [2.05, 4.69) is 20.6 Å². The number of benzene rings is 2. The first-order chi connectivity index (χ1) is 15.3. The van der Waals surface area contributed by atoms with E-state index in [4.69, 9.17) is 9.94 Å². The number of carbonyl (C=O) groups is 2. The van der Waals surface area contributed by atoms with Crippen LogP contribution in [-0.2, 0) is 14.5 Å². The zero-order chi connectivity index (χ0) is 23.7. The van der Waals surface area contributed by atoms with Crippen molar-refractivity contribution in [3.05, 3.63) is 56.4 Å². The summed E-state index contributed by atoms with van der Waals surface area (Å²) in [6, 6.07) is 4.90. The summed E-state index contributed by atoms with van der Waals surface area (Å²) in [5.41, 5.74) is 0.164. The number of aliphatic hydroxyl groups excluding tert-OH is 1. The third-order valence-electron chi connectivity index (χ3n) is 3.77. The molecule has 2 rings (SSSR count). The Balaban J connectivity index is 2.43. The molecule has 172 valence electrons. The highest BCUT2D eigenvalue weighted by Gasteiger charge is 2.23. The van der Waals surface area contributed by atoms with Crippen molar-refractivity contribution in [2.75, 3.05) is 32.2 Å². The number of nitrogens with zero attached hydrogens (tertiary/aromatic N) is 1. The molecule has 0 aliphatic heterocycles. The molecular weight excluding hydrogens is 548 g/mol. The smallest absolute Gasteiger partial charge is 0.277 e. The van der Waals surface area contributed by atoms with Crippen molar-refractivity contribution in [1.82, 2.24) is 10.8 Å². The van der Waals surface area contributed by atoms with Gasteiger partial charge in [-0.3, -0.25) is 14.4 Å². The van der Waals surface area contributed by atoms with Gasteiger partial charge in [-0.1, -0.05) is 5.16 Å². The average molecular weight is 566 g/mol. The Morgan fingerprint density at radius 3 is 2.62 bits per heavy atom. The van der Waals surface area contributed by atoms with Gasteiger partial charge in [-0.15, -0.1) is 0 Å². The maximum atomic E-state index is 14.9. The van der Waals surface area contributed by atoms with Crippen LogP contribution in [0, 0.1) is 21.0 Å². The van der Waals surface area contributed by atoms with Gasteiger partial charge in [0, 0.05) is 16.2 Å². The molecule has 9 nitrogen and oxygen atoms in total. The number of nitrogens with one attached hydrogen (secondary N) is 3. The lowest BCUT2D eigenvalue weighted by Gasteiger charge is -2.15. The van der Waals surface area contributed by atoms with Gasteiger partial charge in [0.15, 0.2) is 18.2 Å². The number of hydroxylamine groups is 1. The monoisotopic (exact) mass is 566 g/mol. The van der Waals surface area contributed by atoms with Gasteiger partial charge in [0.25, 0.3) is 11.8 Å². The summed E-state index contributed by atoms with van der Waals surface area (Å²) in [7, 11) is 1.37. The molecule has 0 aliphatic rings. The molecule has 0 fully saturated rings. The zero-order valence-corrected chi connectivity index (χ0v) is 18.7. The molecule has 2 aromatic rings. The largest absolute Gasteiger partial charge is 0.394 e. The van der Waals surface area contributed by atoms with Crippen LogP contribution in [-0.4, -0.2) is 50.0 Å². The van der Waals surface area contributed by atoms with Gasteiger partial charge in [-0.05, 0) is 46.9 Å². The number of likely N-dealkylation sites (N-methyl/N-ethyl adjacent to an activating group) is 1. The minimum atomic E-state index is -1.49. The fraction of sp³-hybridized carbons (Fsp3) is 0.211. The highest BCUT2D eigenvalue weighted by atomic mass is 127. The fourth-order valence-electron chi connectivity index (χ4n) is 2.25. The second-order valence-corrected chi connectivity index (χ2v) is 7.20. The summed E-state index contributed by atoms with van der Waals surface area (Å²) in [6.07, 6.45) is 0.766. The van der Waals surface area contributed by atoms with Crippen molar-refractivity contribution < 1.29 is 37.5 Å². The van der Waals surface area contributed by atoms with E-state index in [9.17, 15) is 22.8 Å². The van der Waals surface area contributed by atoms with Crippen LogP contribution < -0.4 is 16.1 Å². The number of rotatable bonds is 10. The molecule has 13 heteroatoms. The Labute approximate surface area is 194 Å². The van der Waals surface area contributed by atoms with Gasteiger partial charge in [-0.25, -0.2) is 18.7 Å². The Morgan fingerprint density at radius 1 is 1.22 bits per heavy atom. The van der Waals surface area contributed by atoms with Gasteiger partial charge in [0.2, 0.25) is 0 Å². The molecule has 0 saturated carbocycles. The Kier molecular flexibility index (Phi) is 9.67. The van der Waals surface area contributed by atoms with Gasteiger partial charge in [0.1, 0.15) is 5.82 Å². The number of aliphatic hydroxyl groups is 1. The first kappa shape index (κ1) is 25.4. The predicted molar refractivity (Wildman–Crippen MR) is 117 cm³/mol. The van der Waals surface area contributed by atoms with E-state index < -0.39 is 59.3 Å². The van der Waals surface area contributed by atoms with E-state index in [0.29, 0.717) is 3.57 Å². The number of carbonyl (C=O) groups excluding carboxylic acids is 2. The minimum Gasteiger partial charge on any atom is -0.394 e. The van der Waals surface area contributed by atoms with Crippen molar-refractivity contribution in [3.8, 4) is 0 Å². The standard InChI is InChI=1S/C19H18F3IN4O5/c1-24-15(29)9-32-25-8-10-6-12(19(30)27-31-5-4-28)18(17(22)16(10)21)26-14-3-2-11(23)7-13(14)20/h2-3,6-8,26,28H,4-5,9H2,1H3,(H,24,29)(H,27,30)/b25-8+. The van der Waals surface area contributed by atoms with E-state index in [-0.39, 0.29) is 12.3 Å². The van der Waals surface area contributed by atoms with Crippen molar-refractivity contribution in [2.45, 2.75) is 0 Å². The SMILES string of the molecule is CNC(=O)CO/N=C/c1cc(C(=O)NOCCO)c(Nc2ccc(I)cc2F)c(F)c1F. The molecular formula is C19H18F3IN4O5. The molecule has 32 heavy (non-hydrogen) atoms. The van der Waals surface area contributed by atoms with Crippen LogP contribution in [0.5, 0.6) is 0 Å². The van der Waals surface area contributed by atoms with Gasteiger partial charge >= 0.3 is 0 Å². The van der Waals surface area contributed by atoms with Crippen LogP contribution in [0.4, 0.5) is 24.5 Å². The molecule has 0 atom stereocenters. The fourth-order valence-corrected chi connectivity index (χ4v) is 2.70. The lowest BCUT2D eigenvalue weighted by Crippen LogP contribution is -2.26. The third-order valence-corrected chi connectivity index (χ3v) is 4.44. The highest BCUT2D eigenvalue weighted by Crippen LogP contribution is 2.30. The third kappa shape index (κ3) is 6.80. The molecule has 0 radical (unpaired) electrons. The summed E-state index contributed by atoms with van der Waals surface area (Å²) in [5, 5.41) is 16.8. The molecule has 2 aromatic carbocycles. The van der Waals surface area contributed by atoms with Crippen LogP contribution in [0.25, 0.3) is 0 Å². The van der Waals surface area contributed by atoms with Crippen molar-refractivity contribution in [1.29, 1.82) is 0 Å². The number of hydrogen-bond donors (Lipinski definition) is 4. The molecule has 0 bridgehead atoms. The number of hydrogen-bond acceptors (Lipinski definition) is 7. The Bertz CT molecular complexity index is 1020. The Morgan fingerprint density at radius 2 is 1.97 bits per heavy atom. The summed E-state index contributed by atoms with van der Waals surface area (Å²) >= 11 is 1.87. The maximum Gasteiger partial charge on any atom is 0.277 e. The second kappa shape index (κ2) is 12.2. The molecule has 2 amide bonds. The summed E-state index contributed by atoms with van der Waals surface area (Å²) in [5.74, 6) is -5.17. The predicted octanol–water partition coefficient (Wildman–Crippen LogP) is 2.20. The molecule has 0 aliphatic carbocycles. The molecule has 0 aromatic heterocycles. The van der Waals surface area contributed by atoms with Crippen molar-refractivity contribution in [2.24, 2.45) is 5.16 Å². The van der Waals surface area contributed by atoms with Crippen LogP contribution in [0.3, 0.4) is 0 Å². The van der Waals surface area contributed by atoms with Gasteiger partial charge in [-0.2, -0.15) is 0 Å². The molecule has 0 unspecified atom stereocenters. The van der Waals surface area contributed by atoms with Crippen molar-refractivity contribution >= 4 is 52.0 Å². The van der Waals surface area contributed by atoms with Crippen LogP contribution in [0.15, 0.2) is 29.4 Å². The number of oxime groups is 1. The molecule has 0 spiro atoms. The lowest BCUT2D eigenvalue weighted by atomic mass is 10.1. The van der Waals surface area contributed by atoms with E-state index in [1.807, 2.05) is 28.1 Å². The number of halogens is 4. The van der Waals surface area contributed by atoms with Crippen LogP contribution in [0.2, 0.25) is 0 Å². The van der Waals surface area contributed by atoms with E-state index in [1.165, 1.54) is 19.2 Å². The van der Waals surface area contributed by atoms with Crippen molar-refractivity contribution in [3.63, 3.8) is 0 Å². The lowest BCUT2D eigenvalue weighted by molar-refractivity contribution is -0.125. The molecule has 4 N–H and O–H groups in total.